The Labute approximate surface area is 409 Å². The number of carbonyl (C=O) groups excluding carboxylic acids is 4. The van der Waals surface area contributed by atoms with Crippen molar-refractivity contribution in [2.45, 2.75) is 105 Å². The van der Waals surface area contributed by atoms with Gasteiger partial charge in [-0.25, -0.2) is 4.98 Å². The number of aryl methyl sites for hydroxylation is 3. The molecule has 2 aliphatic rings. The van der Waals surface area contributed by atoms with E-state index < -0.39 is 41.5 Å². The van der Waals surface area contributed by atoms with Gasteiger partial charge in [-0.1, -0.05) is 68.8 Å². The summed E-state index contributed by atoms with van der Waals surface area (Å²) in [5.74, 6) is -0.217. The van der Waals surface area contributed by atoms with E-state index in [4.69, 9.17) is 26.1 Å². The predicted molar refractivity (Wildman–Crippen MR) is 264 cm³/mol. The van der Waals surface area contributed by atoms with Gasteiger partial charge in [-0.05, 0) is 75.3 Å². The number of halogens is 1. The number of β-amino-alcohol motifs (C(OH)–C–C–N with tert-alkyl or cyclic N) is 1. The number of rotatable bonds is 18. The Morgan fingerprint density at radius 1 is 0.926 bits per heavy atom. The van der Waals surface area contributed by atoms with Crippen LogP contribution in [0.1, 0.15) is 104 Å². The van der Waals surface area contributed by atoms with Gasteiger partial charge in [0.15, 0.2) is 5.82 Å². The van der Waals surface area contributed by atoms with Crippen molar-refractivity contribution in [1.82, 2.24) is 40.6 Å². The van der Waals surface area contributed by atoms with E-state index in [2.05, 4.69) is 45.0 Å². The summed E-state index contributed by atoms with van der Waals surface area (Å²) < 4.78 is 13.4. The molecule has 0 saturated carbocycles. The number of thiazole rings is 1. The number of likely N-dealkylation sites (tertiary alicyclic amines) is 1. The van der Waals surface area contributed by atoms with E-state index in [1.165, 1.54) is 4.90 Å². The van der Waals surface area contributed by atoms with Crippen LogP contribution < -0.4 is 16.0 Å². The van der Waals surface area contributed by atoms with E-state index in [0.29, 0.717) is 29.7 Å². The number of nitrogens with one attached hydrogen (secondary N) is 3. The molecule has 4 amide bonds. The number of carbonyl (C=O) groups is 4. The first-order chi connectivity index (χ1) is 32.4. The summed E-state index contributed by atoms with van der Waals surface area (Å²) in [5.41, 5.74) is 7.76. The van der Waals surface area contributed by atoms with Crippen molar-refractivity contribution < 1.29 is 33.8 Å². The van der Waals surface area contributed by atoms with Gasteiger partial charge < -0.3 is 35.4 Å². The molecule has 19 heteroatoms. The largest absolute Gasteiger partial charge is 0.391 e. The maximum atomic E-state index is 14.1. The van der Waals surface area contributed by atoms with Gasteiger partial charge in [0, 0.05) is 53.8 Å². The minimum Gasteiger partial charge on any atom is -0.391 e. The van der Waals surface area contributed by atoms with E-state index in [1.54, 1.807) is 22.7 Å². The molecule has 16 nitrogen and oxygen atoms in total. The predicted octanol–water partition coefficient (Wildman–Crippen LogP) is 6.53. The van der Waals surface area contributed by atoms with Crippen molar-refractivity contribution in [2.24, 2.45) is 10.4 Å². The fourth-order valence-corrected chi connectivity index (χ4v) is 10.5. The summed E-state index contributed by atoms with van der Waals surface area (Å²) in [4.78, 5) is 67.3. The van der Waals surface area contributed by atoms with Gasteiger partial charge in [0.1, 0.15) is 35.6 Å². The first kappa shape index (κ1) is 50.5. The number of amides is 4. The third-order valence-electron chi connectivity index (χ3n) is 12.2. The van der Waals surface area contributed by atoms with Crippen LogP contribution in [0.15, 0.2) is 59.0 Å². The molecular weight excluding hydrogens is 926 g/mol. The van der Waals surface area contributed by atoms with E-state index in [9.17, 15) is 24.3 Å². The standard InChI is InChI=1S/C49H60ClN9O7S2/c1-27-30(4)68-48-41(27)42(33-14-16-35(50)17-15-33)54-37(45-57-56-31(5)59(45)48)23-39(61)51-18-21-65-19-9-20-66-25-40(62)55-44(49(6,7)8)47(64)58-24-36(60)22-38(58)46(63)53-28(2)32-10-12-34(13-11-32)43-29(3)52-26-67-43/h10-17,26,28,36-38,44,60H,9,18-25H2,1-8H3,(H,51,61)(H,53,63)(H,55,62)/t28-,36-,37-,38+,44+/m0/s1. The Morgan fingerprint density at radius 3 is 2.32 bits per heavy atom. The molecule has 5 aromatic rings. The summed E-state index contributed by atoms with van der Waals surface area (Å²) in [5, 5.41) is 29.9. The summed E-state index contributed by atoms with van der Waals surface area (Å²) >= 11 is 9.45. The Kier molecular flexibility index (Phi) is 16.3. The summed E-state index contributed by atoms with van der Waals surface area (Å²) in [6.45, 7) is 16.2. The number of aliphatic imine (C=N–C) groups is 1. The van der Waals surface area contributed by atoms with Gasteiger partial charge >= 0.3 is 0 Å². The third kappa shape index (κ3) is 11.7. The molecule has 0 aliphatic carbocycles. The van der Waals surface area contributed by atoms with Crippen molar-refractivity contribution in [2.75, 3.05) is 39.5 Å². The molecule has 68 heavy (non-hydrogen) atoms. The highest BCUT2D eigenvalue weighted by atomic mass is 35.5. The molecule has 4 N–H and O–H groups in total. The second-order valence-corrected chi connectivity index (χ2v) is 20.9. The quantitative estimate of drug-likeness (QED) is 0.0700. The van der Waals surface area contributed by atoms with Crippen molar-refractivity contribution in [3.63, 3.8) is 0 Å². The molecule has 0 spiro atoms. The van der Waals surface area contributed by atoms with E-state index in [0.717, 1.165) is 54.0 Å². The monoisotopic (exact) mass is 985 g/mol. The number of thiophene rings is 1. The molecule has 2 aliphatic heterocycles. The van der Waals surface area contributed by atoms with Crippen molar-refractivity contribution in [3.8, 4) is 15.4 Å². The molecule has 0 unspecified atom stereocenters. The Morgan fingerprint density at radius 2 is 1.63 bits per heavy atom. The Balaban J connectivity index is 0.840. The summed E-state index contributed by atoms with van der Waals surface area (Å²) in [6, 6.07) is 12.6. The molecule has 5 heterocycles. The number of ether oxygens (including phenoxy) is 2. The van der Waals surface area contributed by atoms with Crippen LogP contribution in [0, 0.1) is 33.1 Å². The maximum Gasteiger partial charge on any atom is 0.246 e. The normalized spacial score (nSPS) is 17.7. The fraction of sp³-hybridized carbons (Fsp3) is 0.469. The van der Waals surface area contributed by atoms with Gasteiger partial charge in [-0.3, -0.25) is 28.7 Å². The Hall–Kier alpha value is -5.37. The minimum atomic E-state index is -0.984. The lowest BCUT2D eigenvalue weighted by Crippen LogP contribution is -2.58. The molecule has 7 rings (SSSR count). The van der Waals surface area contributed by atoms with Crippen LogP contribution in [-0.4, -0.2) is 117 Å². The lowest BCUT2D eigenvalue weighted by atomic mass is 9.85. The van der Waals surface area contributed by atoms with Crippen LogP contribution in [0.4, 0.5) is 0 Å². The van der Waals surface area contributed by atoms with Crippen LogP contribution in [-0.2, 0) is 28.7 Å². The van der Waals surface area contributed by atoms with Gasteiger partial charge in [0.2, 0.25) is 23.6 Å². The lowest BCUT2D eigenvalue weighted by Gasteiger charge is -2.35. The molecular formula is C49H60ClN9O7S2. The first-order valence-electron chi connectivity index (χ1n) is 22.8. The highest BCUT2D eigenvalue weighted by molar-refractivity contribution is 7.15. The first-order valence-corrected chi connectivity index (χ1v) is 24.9. The van der Waals surface area contributed by atoms with Crippen LogP contribution in [0.25, 0.3) is 15.4 Å². The topological polar surface area (TPSA) is 202 Å². The van der Waals surface area contributed by atoms with E-state index in [1.807, 2.05) is 100 Å². The zero-order valence-electron chi connectivity index (χ0n) is 39.7. The Bertz CT molecular complexity index is 2640. The molecule has 1 fully saturated rings. The molecule has 0 bridgehead atoms. The third-order valence-corrected chi connectivity index (χ3v) is 14.6. The fourth-order valence-electron chi connectivity index (χ4n) is 8.39. The van der Waals surface area contributed by atoms with Gasteiger partial charge in [-0.15, -0.1) is 32.9 Å². The minimum absolute atomic E-state index is 0.0302. The highest BCUT2D eigenvalue weighted by Gasteiger charge is 2.45. The number of hydrogen-bond donors (Lipinski definition) is 4. The van der Waals surface area contributed by atoms with Crippen LogP contribution >= 0.6 is 34.3 Å². The second-order valence-electron chi connectivity index (χ2n) is 18.4. The average Bonchev–Trinajstić information content (AvgIpc) is 4.07. The van der Waals surface area contributed by atoms with Crippen molar-refractivity contribution >= 4 is 63.6 Å². The number of aromatic nitrogens is 4. The maximum absolute atomic E-state index is 14.1. The smallest absolute Gasteiger partial charge is 0.246 e. The van der Waals surface area contributed by atoms with Crippen molar-refractivity contribution in [3.05, 3.63) is 104 Å². The SMILES string of the molecule is Cc1ncsc1-c1ccc([C@H](C)NC(=O)[C@H]2C[C@H](O)CN2C(=O)[C@@H](NC(=O)COCCCOCCNC(=O)C[C@@H]2N=C(c3ccc(Cl)cc3)c3c(sc(C)c3C)-n3c(C)nnc32)C(C)(C)C)cc1. The highest BCUT2D eigenvalue weighted by Crippen LogP contribution is 2.40. The lowest BCUT2D eigenvalue weighted by molar-refractivity contribution is -0.144. The second kappa shape index (κ2) is 21.9. The van der Waals surface area contributed by atoms with Gasteiger partial charge in [0.05, 0.1) is 47.0 Å². The molecule has 362 valence electrons. The van der Waals surface area contributed by atoms with Crippen LogP contribution in [0.5, 0.6) is 0 Å². The molecule has 1 saturated heterocycles. The zero-order chi connectivity index (χ0) is 48.9. The van der Waals surface area contributed by atoms with Crippen LogP contribution in [0.3, 0.4) is 0 Å². The number of aliphatic hydroxyl groups excluding tert-OH is 1. The number of nitrogens with zero attached hydrogens (tertiary/aromatic N) is 6. The summed E-state index contributed by atoms with van der Waals surface area (Å²) in [7, 11) is 0. The number of fused-ring (bicyclic) bond motifs is 3. The van der Waals surface area contributed by atoms with Gasteiger partial charge in [0.25, 0.3) is 0 Å². The van der Waals surface area contributed by atoms with Gasteiger partial charge in [-0.2, -0.15) is 0 Å². The number of aliphatic hydroxyl groups is 1. The molecule has 0 radical (unpaired) electrons. The average molecular weight is 987 g/mol. The number of hydrogen-bond acceptors (Lipinski definition) is 13. The number of benzene rings is 2. The molecule has 5 atom stereocenters. The van der Waals surface area contributed by atoms with Crippen molar-refractivity contribution in [1.29, 1.82) is 0 Å². The summed E-state index contributed by atoms with van der Waals surface area (Å²) in [6.07, 6.45) is -0.264. The van der Waals surface area contributed by atoms with Crippen LogP contribution in [0.2, 0.25) is 5.02 Å². The zero-order valence-corrected chi connectivity index (χ0v) is 42.1. The molecule has 2 aromatic carbocycles. The van der Waals surface area contributed by atoms with E-state index in [-0.39, 0.29) is 63.6 Å². The van der Waals surface area contributed by atoms with E-state index >= 15 is 0 Å². The molecule has 3 aromatic heterocycles.